The molecule has 0 fully saturated rings. The Bertz CT molecular complexity index is 432. The first-order valence-electron chi connectivity index (χ1n) is 4.29. The minimum atomic E-state index is 0.772. The molecule has 2 rings (SSSR count). The molecule has 1 aromatic carbocycles. The summed E-state index contributed by atoms with van der Waals surface area (Å²) in [7, 11) is 0. The molecule has 1 heterocycles. The number of ether oxygens (including phenoxy) is 1. The van der Waals surface area contributed by atoms with Gasteiger partial charge < -0.3 is 4.74 Å². The number of hydrogen-bond acceptors (Lipinski definition) is 2. The predicted octanol–water partition coefficient (Wildman–Crippen LogP) is 4.24. The Morgan fingerprint density at radius 1 is 1.13 bits per heavy atom. The molecule has 2 aromatic rings. The molecule has 0 bridgehead atoms. The molecule has 1 aromatic heterocycles. The number of hydrogen-bond donors (Lipinski definition) is 0. The Hall–Kier alpha value is -0.620. The van der Waals surface area contributed by atoms with E-state index in [2.05, 4.69) is 43.5 Å². The van der Waals surface area contributed by atoms with E-state index < -0.39 is 0 Å². The van der Waals surface area contributed by atoms with Crippen LogP contribution in [-0.4, -0.2) is 4.98 Å². The summed E-state index contributed by atoms with van der Waals surface area (Å²) in [6.45, 7) is 0. The summed E-state index contributed by atoms with van der Waals surface area (Å²) in [6.07, 6.45) is 3.42. The molecular weight excluding hydrogens is 369 g/mol. The monoisotopic (exact) mass is 375 g/mol. The van der Waals surface area contributed by atoms with Crippen molar-refractivity contribution in [2.24, 2.45) is 0 Å². The summed E-state index contributed by atoms with van der Waals surface area (Å²) in [5.41, 5.74) is 0. The highest BCUT2D eigenvalue weighted by Gasteiger charge is 2.04. The Balaban J connectivity index is 2.30. The Labute approximate surface area is 110 Å². The van der Waals surface area contributed by atoms with Crippen LogP contribution in [0.2, 0.25) is 0 Å². The van der Waals surface area contributed by atoms with Gasteiger partial charge in [-0.05, 0) is 50.7 Å². The van der Waals surface area contributed by atoms with Gasteiger partial charge in [0.15, 0.2) is 0 Å². The second kappa shape index (κ2) is 4.94. The summed E-state index contributed by atoms with van der Waals surface area (Å²) in [5, 5.41) is 0. The molecule has 0 unspecified atom stereocenters. The van der Waals surface area contributed by atoms with E-state index in [9.17, 15) is 0 Å². The summed E-state index contributed by atoms with van der Waals surface area (Å²) >= 11 is 5.63. The fourth-order valence-electron chi connectivity index (χ4n) is 1.09. The third kappa shape index (κ3) is 2.69. The van der Waals surface area contributed by atoms with Gasteiger partial charge >= 0.3 is 0 Å². The van der Waals surface area contributed by atoms with Gasteiger partial charge in [-0.15, -0.1) is 0 Å². The maximum Gasteiger partial charge on any atom is 0.144 e. The van der Waals surface area contributed by atoms with Gasteiger partial charge in [0, 0.05) is 18.5 Å². The molecule has 4 heteroatoms. The Morgan fingerprint density at radius 3 is 2.67 bits per heavy atom. The van der Waals surface area contributed by atoms with Crippen molar-refractivity contribution < 1.29 is 4.74 Å². The van der Waals surface area contributed by atoms with Crippen LogP contribution in [0.5, 0.6) is 11.5 Å². The SMILES string of the molecule is Brc1cnccc1Oc1ccccc1I. The highest BCUT2D eigenvalue weighted by atomic mass is 127. The van der Waals surface area contributed by atoms with Crippen LogP contribution in [0.15, 0.2) is 47.2 Å². The van der Waals surface area contributed by atoms with Gasteiger partial charge in [0.1, 0.15) is 11.5 Å². The first-order valence-corrected chi connectivity index (χ1v) is 6.16. The van der Waals surface area contributed by atoms with Crippen LogP contribution in [-0.2, 0) is 0 Å². The molecule has 0 N–H and O–H groups in total. The summed E-state index contributed by atoms with van der Waals surface area (Å²) < 4.78 is 7.68. The fraction of sp³-hybridized carbons (Fsp3) is 0. The fourth-order valence-corrected chi connectivity index (χ4v) is 1.92. The van der Waals surface area contributed by atoms with E-state index in [0.717, 1.165) is 19.5 Å². The number of nitrogens with zero attached hydrogens (tertiary/aromatic N) is 1. The predicted molar refractivity (Wildman–Crippen MR) is 71.2 cm³/mol. The van der Waals surface area contributed by atoms with Crippen molar-refractivity contribution in [2.75, 3.05) is 0 Å². The van der Waals surface area contributed by atoms with Gasteiger partial charge in [0.25, 0.3) is 0 Å². The highest BCUT2D eigenvalue weighted by Crippen LogP contribution is 2.30. The molecule has 0 aliphatic carbocycles. The lowest BCUT2D eigenvalue weighted by Gasteiger charge is -2.08. The van der Waals surface area contributed by atoms with E-state index in [0.29, 0.717) is 0 Å². The maximum absolute atomic E-state index is 5.75. The Kier molecular flexibility index (Phi) is 3.58. The summed E-state index contributed by atoms with van der Waals surface area (Å²) in [6, 6.07) is 9.70. The second-order valence-corrected chi connectivity index (χ2v) is 4.86. The molecule has 0 saturated heterocycles. The third-order valence-corrected chi connectivity index (χ3v) is 3.28. The number of para-hydroxylation sites is 1. The lowest BCUT2D eigenvalue weighted by Crippen LogP contribution is -1.88. The normalized spacial score (nSPS) is 10.0. The standard InChI is InChI=1S/C11H7BrINO/c12-8-7-14-6-5-10(8)15-11-4-2-1-3-9(11)13/h1-7H. The molecule has 2 nitrogen and oxygen atoms in total. The number of aromatic nitrogens is 1. The van der Waals surface area contributed by atoms with Crippen LogP contribution in [0.4, 0.5) is 0 Å². The molecule has 0 radical (unpaired) electrons. The first kappa shape index (κ1) is 10.9. The van der Waals surface area contributed by atoms with Crippen molar-refractivity contribution >= 4 is 38.5 Å². The van der Waals surface area contributed by atoms with Crippen LogP contribution in [0.3, 0.4) is 0 Å². The molecule has 0 amide bonds. The van der Waals surface area contributed by atoms with Gasteiger partial charge in [0.2, 0.25) is 0 Å². The molecule has 0 spiro atoms. The lowest BCUT2D eigenvalue weighted by molar-refractivity contribution is 0.475. The molecule has 15 heavy (non-hydrogen) atoms. The van der Waals surface area contributed by atoms with Gasteiger partial charge in [-0.2, -0.15) is 0 Å². The van der Waals surface area contributed by atoms with Crippen molar-refractivity contribution in [2.45, 2.75) is 0 Å². The van der Waals surface area contributed by atoms with E-state index >= 15 is 0 Å². The zero-order valence-electron chi connectivity index (χ0n) is 7.65. The third-order valence-electron chi connectivity index (χ3n) is 1.79. The van der Waals surface area contributed by atoms with Gasteiger partial charge in [-0.25, -0.2) is 0 Å². The maximum atomic E-state index is 5.75. The number of pyridine rings is 1. The lowest BCUT2D eigenvalue weighted by atomic mass is 10.3. The van der Waals surface area contributed by atoms with E-state index in [1.165, 1.54) is 0 Å². The molecule has 0 aliphatic rings. The topological polar surface area (TPSA) is 22.1 Å². The average Bonchev–Trinajstić information content (AvgIpc) is 2.24. The van der Waals surface area contributed by atoms with Crippen molar-refractivity contribution in [3.63, 3.8) is 0 Å². The number of benzene rings is 1. The van der Waals surface area contributed by atoms with Crippen LogP contribution < -0.4 is 4.74 Å². The number of halogens is 2. The minimum absolute atomic E-state index is 0.772. The average molecular weight is 376 g/mol. The summed E-state index contributed by atoms with van der Waals surface area (Å²) in [4.78, 5) is 3.98. The Morgan fingerprint density at radius 2 is 1.93 bits per heavy atom. The van der Waals surface area contributed by atoms with Crippen LogP contribution >= 0.6 is 38.5 Å². The highest BCUT2D eigenvalue weighted by molar-refractivity contribution is 14.1. The van der Waals surface area contributed by atoms with Gasteiger partial charge in [-0.3, -0.25) is 4.98 Å². The van der Waals surface area contributed by atoms with Crippen LogP contribution in [0.25, 0.3) is 0 Å². The van der Waals surface area contributed by atoms with E-state index in [1.807, 2.05) is 30.3 Å². The smallest absolute Gasteiger partial charge is 0.144 e. The quantitative estimate of drug-likeness (QED) is 0.732. The molecular formula is C11H7BrINO. The van der Waals surface area contributed by atoms with E-state index in [4.69, 9.17) is 4.74 Å². The molecule has 76 valence electrons. The van der Waals surface area contributed by atoms with Crippen molar-refractivity contribution in [1.29, 1.82) is 0 Å². The van der Waals surface area contributed by atoms with Crippen molar-refractivity contribution in [3.8, 4) is 11.5 Å². The van der Waals surface area contributed by atoms with Crippen LogP contribution in [0.1, 0.15) is 0 Å². The summed E-state index contributed by atoms with van der Waals surface area (Å²) in [5.74, 6) is 1.62. The zero-order valence-corrected chi connectivity index (χ0v) is 11.4. The van der Waals surface area contributed by atoms with Gasteiger partial charge in [0.05, 0.1) is 8.04 Å². The van der Waals surface area contributed by atoms with E-state index in [-0.39, 0.29) is 0 Å². The van der Waals surface area contributed by atoms with Crippen LogP contribution in [0, 0.1) is 3.57 Å². The number of rotatable bonds is 2. The molecule has 0 aliphatic heterocycles. The molecule has 0 saturated carbocycles. The largest absolute Gasteiger partial charge is 0.455 e. The van der Waals surface area contributed by atoms with Crippen molar-refractivity contribution in [3.05, 3.63) is 50.8 Å². The van der Waals surface area contributed by atoms with Crippen molar-refractivity contribution in [1.82, 2.24) is 4.98 Å². The van der Waals surface area contributed by atoms with Gasteiger partial charge in [-0.1, -0.05) is 12.1 Å². The van der Waals surface area contributed by atoms with E-state index in [1.54, 1.807) is 12.4 Å². The second-order valence-electron chi connectivity index (χ2n) is 2.84. The zero-order chi connectivity index (χ0) is 10.7. The minimum Gasteiger partial charge on any atom is -0.455 e. The first-order chi connectivity index (χ1) is 7.27. The molecule has 0 atom stereocenters.